The van der Waals surface area contributed by atoms with E-state index in [1.54, 1.807) is 7.11 Å². The first-order valence-corrected chi connectivity index (χ1v) is 6.29. The van der Waals surface area contributed by atoms with E-state index in [4.69, 9.17) is 22.1 Å². The number of hydrogen-bond acceptors (Lipinski definition) is 3. The topological polar surface area (TPSA) is 47.3 Å². The van der Waals surface area contributed by atoms with Crippen molar-refractivity contribution in [1.29, 1.82) is 0 Å². The van der Waals surface area contributed by atoms with E-state index < -0.39 is 0 Å². The molecule has 1 fully saturated rings. The second-order valence-corrected chi connectivity index (χ2v) is 5.06. The lowest BCUT2D eigenvalue weighted by atomic mass is 9.74. The third kappa shape index (κ3) is 2.57. The molecule has 0 aliphatic heterocycles. The van der Waals surface area contributed by atoms with E-state index in [0.29, 0.717) is 23.0 Å². The molecule has 1 aliphatic rings. The Morgan fingerprint density at radius 3 is 2.65 bits per heavy atom. The number of hydrogen-bond donors (Lipinski definition) is 2. The summed E-state index contributed by atoms with van der Waals surface area (Å²) in [6, 6.07) is 6.66. The highest BCUT2D eigenvalue weighted by Gasteiger charge is 2.33. The number of rotatable bonds is 4. The monoisotopic (exact) mass is 254 g/mol. The molecular formula is C13H19ClN2O. The lowest BCUT2D eigenvalue weighted by Crippen LogP contribution is -2.42. The number of halogens is 1. The average Bonchev–Trinajstić information content (AvgIpc) is 2.28. The van der Waals surface area contributed by atoms with Gasteiger partial charge in [0.25, 0.3) is 0 Å². The Hall–Kier alpha value is -0.770. The van der Waals surface area contributed by atoms with Gasteiger partial charge in [0.05, 0.1) is 12.1 Å². The lowest BCUT2D eigenvalue weighted by molar-refractivity contribution is 0.204. The van der Waals surface area contributed by atoms with Gasteiger partial charge in [-0.05, 0) is 43.5 Å². The summed E-state index contributed by atoms with van der Waals surface area (Å²) in [4.78, 5) is 0. The molecule has 1 aromatic carbocycles. The predicted molar refractivity (Wildman–Crippen MR) is 70.5 cm³/mol. The summed E-state index contributed by atoms with van der Waals surface area (Å²) in [6.45, 7) is 0. The Morgan fingerprint density at radius 2 is 2.18 bits per heavy atom. The molecule has 1 saturated carbocycles. The van der Waals surface area contributed by atoms with Gasteiger partial charge >= 0.3 is 0 Å². The third-order valence-electron chi connectivity index (χ3n) is 3.53. The molecule has 1 aliphatic carbocycles. The number of ether oxygens (including phenoxy) is 1. The van der Waals surface area contributed by atoms with Crippen LogP contribution >= 0.6 is 11.6 Å². The van der Waals surface area contributed by atoms with E-state index in [0.717, 1.165) is 18.6 Å². The van der Waals surface area contributed by atoms with Crippen LogP contribution < -0.4 is 15.8 Å². The van der Waals surface area contributed by atoms with Crippen LogP contribution in [-0.2, 0) is 0 Å². The van der Waals surface area contributed by atoms with Crippen LogP contribution in [0.5, 0.6) is 5.75 Å². The van der Waals surface area contributed by atoms with Crippen LogP contribution in [0, 0.1) is 5.92 Å². The molecule has 1 atom stereocenters. The van der Waals surface area contributed by atoms with E-state index in [9.17, 15) is 0 Å². The summed E-state index contributed by atoms with van der Waals surface area (Å²) in [5.74, 6) is 1.33. The van der Waals surface area contributed by atoms with Crippen LogP contribution in [0.25, 0.3) is 0 Å². The molecule has 0 aromatic heterocycles. The highest BCUT2D eigenvalue weighted by molar-refractivity contribution is 6.32. The molecule has 3 nitrogen and oxygen atoms in total. The van der Waals surface area contributed by atoms with Crippen molar-refractivity contribution < 1.29 is 4.74 Å². The number of methoxy groups -OCH3 is 1. The van der Waals surface area contributed by atoms with Crippen molar-refractivity contribution in [2.75, 3.05) is 14.2 Å². The van der Waals surface area contributed by atoms with Gasteiger partial charge in [0.1, 0.15) is 5.75 Å². The Labute approximate surface area is 107 Å². The van der Waals surface area contributed by atoms with Crippen LogP contribution in [0.1, 0.15) is 24.4 Å². The maximum atomic E-state index is 6.15. The molecule has 4 heteroatoms. The SMILES string of the molecule is CNC(c1ccc(OC)c(Cl)c1)C1CC(N)C1. The molecule has 0 saturated heterocycles. The number of nitrogens with two attached hydrogens (primary N) is 1. The van der Waals surface area contributed by atoms with Gasteiger partial charge in [-0.1, -0.05) is 17.7 Å². The maximum absolute atomic E-state index is 6.15. The summed E-state index contributed by atoms with van der Waals surface area (Å²) in [5, 5.41) is 4.01. The molecule has 94 valence electrons. The highest BCUT2D eigenvalue weighted by Crippen LogP contribution is 2.38. The fourth-order valence-corrected chi connectivity index (χ4v) is 2.80. The summed E-state index contributed by atoms with van der Waals surface area (Å²) in [5.41, 5.74) is 7.05. The van der Waals surface area contributed by atoms with Crippen LogP contribution in [0.4, 0.5) is 0 Å². The van der Waals surface area contributed by atoms with E-state index >= 15 is 0 Å². The quantitative estimate of drug-likeness (QED) is 0.867. The van der Waals surface area contributed by atoms with Gasteiger partial charge in [0.2, 0.25) is 0 Å². The van der Waals surface area contributed by atoms with E-state index in [1.807, 2.05) is 19.2 Å². The van der Waals surface area contributed by atoms with Crippen molar-refractivity contribution in [3.63, 3.8) is 0 Å². The molecule has 1 aromatic rings. The fourth-order valence-electron chi connectivity index (χ4n) is 2.53. The van der Waals surface area contributed by atoms with E-state index in [2.05, 4.69) is 11.4 Å². The van der Waals surface area contributed by atoms with Crippen molar-refractivity contribution in [2.24, 2.45) is 11.7 Å². The van der Waals surface area contributed by atoms with Crippen molar-refractivity contribution in [2.45, 2.75) is 24.9 Å². The van der Waals surface area contributed by atoms with Gasteiger partial charge < -0.3 is 15.8 Å². The minimum absolute atomic E-state index is 0.332. The van der Waals surface area contributed by atoms with Gasteiger partial charge in [-0.25, -0.2) is 0 Å². The number of nitrogens with one attached hydrogen (secondary N) is 1. The molecule has 0 spiro atoms. The Morgan fingerprint density at radius 1 is 1.47 bits per heavy atom. The standard InChI is InChI=1S/C13H19ClN2O/c1-16-13(9-5-10(15)6-9)8-3-4-12(17-2)11(14)7-8/h3-4,7,9-10,13,16H,5-6,15H2,1-2H3. The first-order valence-electron chi connectivity index (χ1n) is 5.92. The largest absolute Gasteiger partial charge is 0.495 e. The minimum atomic E-state index is 0.332. The van der Waals surface area contributed by atoms with Crippen molar-refractivity contribution in [3.05, 3.63) is 28.8 Å². The Balaban J connectivity index is 2.16. The zero-order chi connectivity index (χ0) is 12.4. The van der Waals surface area contributed by atoms with Crippen LogP contribution in [0.15, 0.2) is 18.2 Å². The van der Waals surface area contributed by atoms with Crippen LogP contribution in [0.3, 0.4) is 0 Å². The predicted octanol–water partition coefficient (Wildman–Crippen LogP) is 2.35. The first kappa shape index (κ1) is 12.7. The zero-order valence-corrected chi connectivity index (χ0v) is 11.0. The Bertz CT molecular complexity index is 391. The summed E-state index contributed by atoms with van der Waals surface area (Å²) < 4.78 is 5.16. The molecule has 0 amide bonds. The van der Waals surface area contributed by atoms with Crippen molar-refractivity contribution >= 4 is 11.6 Å². The molecule has 0 bridgehead atoms. The average molecular weight is 255 g/mol. The first-order chi connectivity index (χ1) is 8.15. The van der Waals surface area contributed by atoms with Gasteiger partial charge in [0.15, 0.2) is 0 Å². The van der Waals surface area contributed by atoms with E-state index in [1.165, 1.54) is 5.56 Å². The third-order valence-corrected chi connectivity index (χ3v) is 3.82. The molecule has 2 rings (SSSR count). The van der Waals surface area contributed by atoms with Gasteiger partial charge in [-0.2, -0.15) is 0 Å². The van der Waals surface area contributed by atoms with Crippen molar-refractivity contribution in [3.8, 4) is 5.75 Å². The molecule has 0 heterocycles. The van der Waals surface area contributed by atoms with Gasteiger partial charge in [-0.15, -0.1) is 0 Å². The van der Waals surface area contributed by atoms with Crippen LogP contribution in [-0.4, -0.2) is 20.2 Å². The molecule has 1 unspecified atom stereocenters. The molecular weight excluding hydrogens is 236 g/mol. The number of benzene rings is 1. The summed E-state index contributed by atoms with van der Waals surface area (Å²) in [7, 11) is 3.61. The minimum Gasteiger partial charge on any atom is -0.495 e. The normalized spacial score (nSPS) is 25.2. The second-order valence-electron chi connectivity index (χ2n) is 4.65. The highest BCUT2D eigenvalue weighted by atomic mass is 35.5. The molecule has 0 radical (unpaired) electrons. The molecule has 17 heavy (non-hydrogen) atoms. The lowest BCUT2D eigenvalue weighted by Gasteiger charge is -2.38. The maximum Gasteiger partial charge on any atom is 0.137 e. The van der Waals surface area contributed by atoms with Gasteiger partial charge in [-0.3, -0.25) is 0 Å². The molecule has 3 N–H and O–H groups in total. The van der Waals surface area contributed by atoms with Gasteiger partial charge in [0, 0.05) is 12.1 Å². The second kappa shape index (κ2) is 5.25. The van der Waals surface area contributed by atoms with Crippen LogP contribution in [0.2, 0.25) is 5.02 Å². The fraction of sp³-hybridized carbons (Fsp3) is 0.538. The van der Waals surface area contributed by atoms with Crippen molar-refractivity contribution in [1.82, 2.24) is 5.32 Å². The van der Waals surface area contributed by atoms with E-state index in [-0.39, 0.29) is 0 Å². The summed E-state index contributed by atoms with van der Waals surface area (Å²) in [6.07, 6.45) is 2.16. The zero-order valence-electron chi connectivity index (χ0n) is 10.2. The Kier molecular flexibility index (Phi) is 3.92. The summed E-state index contributed by atoms with van der Waals surface area (Å²) >= 11 is 6.15. The smallest absolute Gasteiger partial charge is 0.137 e.